The van der Waals surface area contributed by atoms with Gasteiger partial charge in [-0.05, 0) is 48.9 Å². The van der Waals surface area contributed by atoms with Gasteiger partial charge >= 0.3 is 5.97 Å². The maximum atomic E-state index is 13.0. The summed E-state index contributed by atoms with van der Waals surface area (Å²) < 4.78 is 45.1. The fourth-order valence-corrected chi connectivity index (χ4v) is 3.83. The first-order valence-electron chi connectivity index (χ1n) is 8.65. The summed E-state index contributed by atoms with van der Waals surface area (Å²) in [6, 6.07) is 9.79. The van der Waals surface area contributed by atoms with Gasteiger partial charge in [-0.15, -0.1) is 0 Å². The van der Waals surface area contributed by atoms with E-state index in [0.29, 0.717) is 6.42 Å². The summed E-state index contributed by atoms with van der Waals surface area (Å²) in [4.78, 5) is 36.5. The van der Waals surface area contributed by atoms with Crippen LogP contribution >= 0.6 is 0 Å². The first-order valence-corrected chi connectivity index (χ1v) is 10.1. The van der Waals surface area contributed by atoms with E-state index in [1.54, 1.807) is 0 Å². The third-order valence-electron chi connectivity index (χ3n) is 4.18. The molecule has 1 heterocycles. The SMILES string of the molecule is O=C(OCC(=O)N1CCCC1=O)c1cccc(S(=O)(=O)Nc2ccc(F)cc2)c1. The number of anilines is 1. The Morgan fingerprint density at radius 2 is 1.86 bits per heavy atom. The molecule has 29 heavy (non-hydrogen) atoms. The lowest BCUT2D eigenvalue weighted by Crippen LogP contribution is -2.35. The lowest BCUT2D eigenvalue weighted by molar-refractivity contribution is -0.143. The van der Waals surface area contributed by atoms with Crippen molar-refractivity contribution < 1.29 is 31.9 Å². The molecule has 152 valence electrons. The van der Waals surface area contributed by atoms with E-state index in [9.17, 15) is 27.2 Å². The second-order valence-electron chi connectivity index (χ2n) is 6.26. The Kier molecular flexibility index (Phi) is 5.92. The Morgan fingerprint density at radius 3 is 2.52 bits per heavy atom. The fourth-order valence-electron chi connectivity index (χ4n) is 2.72. The molecule has 0 saturated carbocycles. The summed E-state index contributed by atoms with van der Waals surface area (Å²) in [5, 5.41) is 0. The number of rotatable bonds is 6. The number of amides is 2. The summed E-state index contributed by atoms with van der Waals surface area (Å²) in [5.74, 6) is -2.35. The molecule has 8 nitrogen and oxygen atoms in total. The highest BCUT2D eigenvalue weighted by Gasteiger charge is 2.27. The van der Waals surface area contributed by atoms with Gasteiger partial charge in [0, 0.05) is 18.7 Å². The standard InChI is InChI=1S/C19H17FN2O6S/c20-14-6-8-15(9-7-14)21-29(26,27)16-4-1-3-13(11-16)19(25)28-12-18(24)22-10-2-5-17(22)23/h1,3-4,6-9,11,21H,2,5,10,12H2. The molecule has 1 N–H and O–H groups in total. The number of halogens is 1. The number of sulfonamides is 1. The zero-order chi connectivity index (χ0) is 21.0. The molecule has 2 aromatic rings. The molecule has 0 aliphatic carbocycles. The summed E-state index contributed by atoms with van der Waals surface area (Å²) in [6.45, 7) is -0.326. The number of carbonyl (C=O) groups excluding carboxylic acids is 3. The molecule has 1 fully saturated rings. The van der Waals surface area contributed by atoms with Crippen molar-refractivity contribution in [3.8, 4) is 0 Å². The first kappa shape index (κ1) is 20.5. The van der Waals surface area contributed by atoms with E-state index in [1.807, 2.05) is 0 Å². The Hall–Kier alpha value is -3.27. The smallest absolute Gasteiger partial charge is 0.338 e. The van der Waals surface area contributed by atoms with Crippen molar-refractivity contribution in [2.24, 2.45) is 0 Å². The largest absolute Gasteiger partial charge is 0.452 e. The van der Waals surface area contributed by atoms with Crippen molar-refractivity contribution in [1.29, 1.82) is 0 Å². The van der Waals surface area contributed by atoms with E-state index >= 15 is 0 Å². The Labute approximate surface area is 166 Å². The second kappa shape index (κ2) is 8.39. The van der Waals surface area contributed by atoms with Crippen LogP contribution in [0, 0.1) is 5.82 Å². The van der Waals surface area contributed by atoms with Crippen molar-refractivity contribution in [2.75, 3.05) is 17.9 Å². The highest BCUT2D eigenvalue weighted by molar-refractivity contribution is 7.92. The predicted molar refractivity (Wildman–Crippen MR) is 99.9 cm³/mol. The highest BCUT2D eigenvalue weighted by atomic mass is 32.2. The van der Waals surface area contributed by atoms with Crippen LogP contribution in [0.15, 0.2) is 53.4 Å². The van der Waals surface area contributed by atoms with Gasteiger partial charge in [-0.25, -0.2) is 17.6 Å². The van der Waals surface area contributed by atoms with E-state index in [1.165, 1.54) is 30.3 Å². The molecule has 0 radical (unpaired) electrons. The minimum atomic E-state index is -4.03. The number of likely N-dealkylation sites (tertiary alicyclic amines) is 1. The van der Waals surface area contributed by atoms with Crippen LogP contribution in [0.1, 0.15) is 23.2 Å². The van der Waals surface area contributed by atoms with Gasteiger partial charge in [-0.2, -0.15) is 0 Å². The third kappa shape index (κ3) is 4.96. The molecule has 0 aromatic heterocycles. The maximum Gasteiger partial charge on any atom is 0.338 e. The number of hydrogen-bond acceptors (Lipinski definition) is 6. The number of esters is 1. The van der Waals surface area contributed by atoms with E-state index in [2.05, 4.69) is 4.72 Å². The zero-order valence-electron chi connectivity index (χ0n) is 15.1. The maximum absolute atomic E-state index is 13.0. The Bertz CT molecular complexity index is 1050. The lowest BCUT2D eigenvalue weighted by atomic mass is 10.2. The second-order valence-corrected chi connectivity index (χ2v) is 7.94. The van der Waals surface area contributed by atoms with Crippen LogP contribution in [0.2, 0.25) is 0 Å². The van der Waals surface area contributed by atoms with E-state index < -0.39 is 34.3 Å². The van der Waals surface area contributed by atoms with Gasteiger partial charge in [0.15, 0.2) is 6.61 Å². The topological polar surface area (TPSA) is 110 Å². The van der Waals surface area contributed by atoms with Gasteiger partial charge in [0.1, 0.15) is 5.82 Å². The minimum Gasteiger partial charge on any atom is -0.452 e. The zero-order valence-corrected chi connectivity index (χ0v) is 15.9. The van der Waals surface area contributed by atoms with Crippen molar-refractivity contribution in [1.82, 2.24) is 4.90 Å². The third-order valence-corrected chi connectivity index (χ3v) is 5.56. The molecule has 2 amide bonds. The molecule has 1 saturated heterocycles. The van der Waals surface area contributed by atoms with Crippen LogP contribution in [-0.2, 0) is 24.3 Å². The van der Waals surface area contributed by atoms with Gasteiger partial charge in [0.25, 0.3) is 15.9 Å². The molecule has 0 unspecified atom stereocenters. The van der Waals surface area contributed by atoms with Gasteiger partial charge in [0.2, 0.25) is 5.91 Å². The lowest BCUT2D eigenvalue weighted by Gasteiger charge is -2.13. The van der Waals surface area contributed by atoms with E-state index in [4.69, 9.17) is 4.74 Å². The highest BCUT2D eigenvalue weighted by Crippen LogP contribution is 2.18. The molecule has 10 heteroatoms. The van der Waals surface area contributed by atoms with E-state index in [-0.39, 0.29) is 35.0 Å². The molecule has 1 aliphatic rings. The van der Waals surface area contributed by atoms with Crippen LogP contribution in [-0.4, -0.2) is 44.3 Å². The molecular weight excluding hydrogens is 403 g/mol. The molecule has 1 aliphatic heterocycles. The van der Waals surface area contributed by atoms with Crippen molar-refractivity contribution >= 4 is 33.5 Å². The van der Waals surface area contributed by atoms with E-state index in [0.717, 1.165) is 23.1 Å². The molecular formula is C19H17FN2O6S. The van der Waals surface area contributed by atoms with Crippen LogP contribution in [0.5, 0.6) is 0 Å². The van der Waals surface area contributed by atoms with Gasteiger partial charge < -0.3 is 4.74 Å². The molecule has 2 aromatic carbocycles. The number of carbonyl (C=O) groups is 3. The predicted octanol–water partition coefficient (Wildman–Crippen LogP) is 1.93. The Balaban J connectivity index is 1.67. The van der Waals surface area contributed by atoms with Crippen LogP contribution in [0.25, 0.3) is 0 Å². The number of ether oxygens (including phenoxy) is 1. The van der Waals surface area contributed by atoms with Crippen LogP contribution in [0.4, 0.5) is 10.1 Å². The van der Waals surface area contributed by atoms with Crippen molar-refractivity contribution in [2.45, 2.75) is 17.7 Å². The average Bonchev–Trinajstić information content (AvgIpc) is 3.13. The molecule has 0 bridgehead atoms. The van der Waals surface area contributed by atoms with Gasteiger partial charge in [0.05, 0.1) is 10.5 Å². The monoisotopic (exact) mass is 420 g/mol. The summed E-state index contributed by atoms with van der Waals surface area (Å²) >= 11 is 0. The van der Waals surface area contributed by atoms with Crippen LogP contribution < -0.4 is 4.72 Å². The van der Waals surface area contributed by atoms with Crippen LogP contribution in [0.3, 0.4) is 0 Å². The number of nitrogens with one attached hydrogen (secondary N) is 1. The average molecular weight is 420 g/mol. The molecule has 3 rings (SSSR count). The summed E-state index contributed by atoms with van der Waals surface area (Å²) in [7, 11) is -4.03. The summed E-state index contributed by atoms with van der Waals surface area (Å²) in [5.41, 5.74) is 0.0767. The first-order chi connectivity index (χ1) is 13.8. The molecule has 0 spiro atoms. The number of nitrogens with zero attached hydrogens (tertiary/aromatic N) is 1. The number of imide groups is 1. The van der Waals surface area contributed by atoms with Gasteiger partial charge in [-0.1, -0.05) is 6.07 Å². The fraction of sp³-hybridized carbons (Fsp3) is 0.211. The number of benzene rings is 2. The quantitative estimate of drug-likeness (QED) is 0.715. The molecule has 0 atom stereocenters. The Morgan fingerprint density at radius 1 is 1.14 bits per heavy atom. The van der Waals surface area contributed by atoms with Gasteiger partial charge in [-0.3, -0.25) is 19.2 Å². The van der Waals surface area contributed by atoms with Crippen molar-refractivity contribution in [3.05, 3.63) is 59.9 Å². The number of hydrogen-bond donors (Lipinski definition) is 1. The summed E-state index contributed by atoms with van der Waals surface area (Å²) in [6.07, 6.45) is 0.847. The van der Waals surface area contributed by atoms with Crippen molar-refractivity contribution in [3.63, 3.8) is 0 Å². The normalized spacial score (nSPS) is 14.0. The minimum absolute atomic E-state index is 0.0764.